The van der Waals surface area contributed by atoms with Gasteiger partial charge in [0.05, 0.1) is 12.6 Å². The Morgan fingerprint density at radius 1 is 1.20 bits per heavy atom. The van der Waals surface area contributed by atoms with E-state index in [2.05, 4.69) is 11.5 Å². The van der Waals surface area contributed by atoms with Gasteiger partial charge in [0.2, 0.25) is 0 Å². The number of ether oxygens (including phenoxy) is 2. The molecule has 0 bridgehead atoms. The van der Waals surface area contributed by atoms with E-state index < -0.39 is 0 Å². The quantitative estimate of drug-likeness (QED) is 0.646. The first kappa shape index (κ1) is 13.0. The fourth-order valence-corrected chi connectivity index (χ4v) is 2.36. The van der Waals surface area contributed by atoms with Crippen LogP contribution >= 0.6 is 0 Å². The Kier molecular flexibility index (Phi) is 3.85. The number of hydrazine groups is 1. The summed E-state index contributed by atoms with van der Waals surface area (Å²) < 4.78 is 11.3. The van der Waals surface area contributed by atoms with Gasteiger partial charge in [-0.15, -0.1) is 0 Å². The lowest BCUT2D eigenvalue weighted by molar-refractivity contribution is 0.267. The smallest absolute Gasteiger partial charge is 0.122 e. The van der Waals surface area contributed by atoms with Crippen molar-refractivity contribution in [1.29, 1.82) is 0 Å². The summed E-state index contributed by atoms with van der Waals surface area (Å²) in [5.74, 6) is 7.48. The van der Waals surface area contributed by atoms with Crippen LogP contribution in [0.2, 0.25) is 0 Å². The standard InChI is InChI=1S/C16H18N2O2/c17-18-15(11-20-14-4-2-1-3-5-14)12-6-7-16-13(10-12)8-9-19-16/h1-7,10,15,18H,8-9,11,17H2. The molecule has 3 rings (SSSR count). The van der Waals surface area contributed by atoms with E-state index in [0.717, 1.165) is 30.1 Å². The molecule has 0 fully saturated rings. The van der Waals surface area contributed by atoms with Gasteiger partial charge >= 0.3 is 0 Å². The van der Waals surface area contributed by atoms with E-state index in [4.69, 9.17) is 15.3 Å². The van der Waals surface area contributed by atoms with Gasteiger partial charge in [-0.05, 0) is 29.3 Å². The second kappa shape index (κ2) is 5.94. The summed E-state index contributed by atoms with van der Waals surface area (Å²) in [6, 6.07) is 15.9. The van der Waals surface area contributed by atoms with Crippen LogP contribution in [0, 0.1) is 0 Å². The number of hydrogen-bond acceptors (Lipinski definition) is 4. The van der Waals surface area contributed by atoms with Crippen molar-refractivity contribution in [3.8, 4) is 11.5 Å². The van der Waals surface area contributed by atoms with Gasteiger partial charge in [0.15, 0.2) is 0 Å². The maximum atomic E-state index is 5.76. The van der Waals surface area contributed by atoms with Gasteiger partial charge in [-0.25, -0.2) is 5.43 Å². The molecule has 1 aliphatic heterocycles. The third-order valence-corrected chi connectivity index (χ3v) is 3.48. The number of nitrogens with two attached hydrogens (primary N) is 1. The summed E-state index contributed by atoms with van der Waals surface area (Å²) in [5.41, 5.74) is 5.17. The molecule has 1 heterocycles. The summed E-state index contributed by atoms with van der Waals surface area (Å²) in [7, 11) is 0. The molecular weight excluding hydrogens is 252 g/mol. The van der Waals surface area contributed by atoms with Crippen molar-refractivity contribution in [3.63, 3.8) is 0 Å². The van der Waals surface area contributed by atoms with Crippen LogP contribution in [0.15, 0.2) is 48.5 Å². The second-order valence-corrected chi connectivity index (χ2v) is 4.81. The molecule has 0 amide bonds. The van der Waals surface area contributed by atoms with Crippen LogP contribution in [-0.4, -0.2) is 13.2 Å². The summed E-state index contributed by atoms with van der Waals surface area (Å²) in [6.45, 7) is 1.25. The minimum Gasteiger partial charge on any atom is -0.493 e. The van der Waals surface area contributed by atoms with E-state index in [9.17, 15) is 0 Å². The van der Waals surface area contributed by atoms with Gasteiger partial charge in [-0.3, -0.25) is 5.84 Å². The molecule has 1 unspecified atom stereocenters. The molecule has 1 aliphatic rings. The van der Waals surface area contributed by atoms with Crippen molar-refractivity contribution >= 4 is 0 Å². The highest BCUT2D eigenvalue weighted by Gasteiger charge is 2.16. The average Bonchev–Trinajstić information content (AvgIpc) is 2.96. The van der Waals surface area contributed by atoms with Crippen molar-refractivity contribution in [2.24, 2.45) is 5.84 Å². The molecule has 4 nitrogen and oxygen atoms in total. The molecule has 4 heteroatoms. The largest absolute Gasteiger partial charge is 0.493 e. The van der Waals surface area contributed by atoms with Gasteiger partial charge in [0.25, 0.3) is 0 Å². The van der Waals surface area contributed by atoms with E-state index in [1.54, 1.807) is 0 Å². The molecule has 0 radical (unpaired) electrons. The first-order valence-corrected chi connectivity index (χ1v) is 6.76. The second-order valence-electron chi connectivity index (χ2n) is 4.81. The monoisotopic (exact) mass is 270 g/mol. The predicted octanol–water partition coefficient (Wildman–Crippen LogP) is 2.20. The molecule has 20 heavy (non-hydrogen) atoms. The van der Waals surface area contributed by atoms with Crippen LogP contribution in [0.1, 0.15) is 17.2 Å². The number of para-hydroxylation sites is 1. The van der Waals surface area contributed by atoms with Gasteiger partial charge < -0.3 is 9.47 Å². The van der Waals surface area contributed by atoms with Crippen LogP contribution in [0.5, 0.6) is 11.5 Å². The van der Waals surface area contributed by atoms with Gasteiger partial charge in [-0.2, -0.15) is 0 Å². The lowest BCUT2D eigenvalue weighted by atomic mass is 10.0. The molecule has 2 aromatic carbocycles. The SMILES string of the molecule is NNC(COc1ccccc1)c1ccc2c(c1)CCO2. The highest BCUT2D eigenvalue weighted by molar-refractivity contribution is 5.40. The number of fused-ring (bicyclic) bond motifs is 1. The van der Waals surface area contributed by atoms with Crippen LogP contribution in [0.25, 0.3) is 0 Å². The Bertz CT molecular complexity index is 572. The Balaban J connectivity index is 1.70. The van der Waals surface area contributed by atoms with Crippen LogP contribution in [0.3, 0.4) is 0 Å². The number of nitrogens with one attached hydrogen (secondary N) is 1. The summed E-state index contributed by atoms with van der Waals surface area (Å²) >= 11 is 0. The molecule has 0 saturated heterocycles. The first-order valence-electron chi connectivity index (χ1n) is 6.76. The maximum Gasteiger partial charge on any atom is 0.122 e. The predicted molar refractivity (Wildman–Crippen MR) is 77.6 cm³/mol. The average molecular weight is 270 g/mol. The zero-order chi connectivity index (χ0) is 13.8. The Labute approximate surface area is 118 Å². The lowest BCUT2D eigenvalue weighted by Crippen LogP contribution is -2.32. The van der Waals surface area contributed by atoms with E-state index in [1.165, 1.54) is 5.56 Å². The highest BCUT2D eigenvalue weighted by atomic mass is 16.5. The Morgan fingerprint density at radius 3 is 2.85 bits per heavy atom. The van der Waals surface area contributed by atoms with E-state index in [-0.39, 0.29) is 6.04 Å². The normalized spacial score (nSPS) is 14.4. The molecular formula is C16H18N2O2. The van der Waals surface area contributed by atoms with E-state index in [0.29, 0.717) is 6.61 Å². The van der Waals surface area contributed by atoms with Crippen molar-refractivity contribution in [2.45, 2.75) is 12.5 Å². The third-order valence-electron chi connectivity index (χ3n) is 3.48. The van der Waals surface area contributed by atoms with Crippen LogP contribution in [0.4, 0.5) is 0 Å². The first-order chi connectivity index (χ1) is 9.86. The summed E-state index contributed by atoms with van der Waals surface area (Å²) in [5, 5.41) is 0. The van der Waals surface area contributed by atoms with Gasteiger partial charge in [0.1, 0.15) is 18.1 Å². The highest BCUT2D eigenvalue weighted by Crippen LogP contribution is 2.28. The molecule has 0 spiro atoms. The van der Waals surface area contributed by atoms with Crippen molar-refractivity contribution in [1.82, 2.24) is 5.43 Å². The number of hydrogen-bond donors (Lipinski definition) is 2. The van der Waals surface area contributed by atoms with Crippen molar-refractivity contribution in [2.75, 3.05) is 13.2 Å². The molecule has 0 aromatic heterocycles. The van der Waals surface area contributed by atoms with E-state index >= 15 is 0 Å². The summed E-state index contributed by atoms with van der Waals surface area (Å²) in [4.78, 5) is 0. The molecule has 1 atom stereocenters. The fourth-order valence-electron chi connectivity index (χ4n) is 2.36. The topological polar surface area (TPSA) is 56.5 Å². The molecule has 104 valence electrons. The van der Waals surface area contributed by atoms with Gasteiger partial charge in [-0.1, -0.05) is 30.3 Å². The number of rotatable bonds is 5. The Morgan fingerprint density at radius 2 is 2.05 bits per heavy atom. The minimum absolute atomic E-state index is 0.0406. The molecule has 3 N–H and O–H groups in total. The van der Waals surface area contributed by atoms with Crippen molar-refractivity contribution < 1.29 is 9.47 Å². The molecule has 0 aliphatic carbocycles. The van der Waals surface area contributed by atoms with Crippen LogP contribution < -0.4 is 20.7 Å². The van der Waals surface area contributed by atoms with Gasteiger partial charge in [0, 0.05) is 6.42 Å². The zero-order valence-electron chi connectivity index (χ0n) is 11.2. The molecule has 2 aromatic rings. The van der Waals surface area contributed by atoms with Crippen LogP contribution in [-0.2, 0) is 6.42 Å². The number of benzene rings is 2. The lowest BCUT2D eigenvalue weighted by Gasteiger charge is -2.18. The summed E-state index contributed by atoms with van der Waals surface area (Å²) in [6.07, 6.45) is 0.958. The maximum absolute atomic E-state index is 5.76. The zero-order valence-corrected chi connectivity index (χ0v) is 11.2. The minimum atomic E-state index is -0.0406. The molecule has 0 saturated carbocycles. The van der Waals surface area contributed by atoms with Crippen molar-refractivity contribution in [3.05, 3.63) is 59.7 Å². The third kappa shape index (κ3) is 2.76. The van der Waals surface area contributed by atoms with E-state index in [1.807, 2.05) is 42.5 Å². The Hall–Kier alpha value is -2.04. The fraction of sp³-hybridized carbons (Fsp3) is 0.250.